The molecule has 0 aliphatic carbocycles. The van der Waals surface area contributed by atoms with Crippen molar-refractivity contribution in [3.63, 3.8) is 0 Å². The molecule has 2 aromatic carbocycles. The van der Waals surface area contributed by atoms with Crippen molar-refractivity contribution < 1.29 is 13.2 Å². The molecule has 0 aliphatic rings. The summed E-state index contributed by atoms with van der Waals surface area (Å²) in [5.41, 5.74) is 2.23. The minimum atomic E-state index is -1.92. The number of halogens is 2. The average Bonchev–Trinajstić information content (AvgIpc) is 2.33. The lowest BCUT2D eigenvalue weighted by molar-refractivity contribution is 0.563. The Morgan fingerprint density at radius 3 is 2.61 bits per heavy atom. The average molecular weight is 285 g/mol. The van der Waals surface area contributed by atoms with Gasteiger partial charge in [-0.05, 0) is 28.8 Å². The zero-order valence-electron chi connectivity index (χ0n) is 9.27. The van der Waals surface area contributed by atoms with Gasteiger partial charge in [-0.15, -0.1) is 0 Å². The van der Waals surface area contributed by atoms with Crippen molar-refractivity contribution in [3.05, 3.63) is 58.9 Å². The molecular weight excluding hydrogens is 275 g/mol. The normalized spacial score (nSPS) is 12.4. The van der Waals surface area contributed by atoms with Gasteiger partial charge in [0.2, 0.25) is 0 Å². The van der Waals surface area contributed by atoms with E-state index in [4.69, 9.17) is 16.2 Å². The zero-order valence-corrected chi connectivity index (χ0v) is 10.8. The zero-order chi connectivity index (χ0) is 13.1. The maximum absolute atomic E-state index is 13.1. The third-order valence-corrected chi connectivity index (χ3v) is 3.37. The van der Waals surface area contributed by atoms with E-state index in [0.29, 0.717) is 0 Å². The van der Waals surface area contributed by atoms with Gasteiger partial charge in [0.05, 0.1) is 10.8 Å². The molecule has 1 atom stereocenters. The summed E-state index contributed by atoms with van der Waals surface area (Å²) in [6.45, 7) is 0. The molecule has 0 aliphatic heterocycles. The van der Waals surface area contributed by atoms with Crippen molar-refractivity contribution in [2.75, 3.05) is 0 Å². The van der Waals surface area contributed by atoms with Crippen LogP contribution in [0.4, 0.5) is 4.39 Å². The third kappa shape index (κ3) is 2.96. The monoisotopic (exact) mass is 284 g/mol. The van der Waals surface area contributed by atoms with Crippen LogP contribution in [-0.4, -0.2) is 8.76 Å². The van der Waals surface area contributed by atoms with Crippen molar-refractivity contribution in [2.24, 2.45) is 0 Å². The molecule has 0 fully saturated rings. The van der Waals surface area contributed by atoms with Crippen molar-refractivity contribution in [1.82, 2.24) is 0 Å². The molecular formula is C13H10ClFO2S. The smallest absolute Gasteiger partial charge is 0.157 e. The van der Waals surface area contributed by atoms with Gasteiger partial charge >= 0.3 is 0 Å². The molecule has 0 amide bonds. The van der Waals surface area contributed by atoms with Crippen LogP contribution in [0.5, 0.6) is 0 Å². The van der Waals surface area contributed by atoms with Crippen LogP contribution in [0.25, 0.3) is 11.1 Å². The molecule has 1 N–H and O–H groups in total. The molecule has 0 saturated heterocycles. The molecule has 2 rings (SSSR count). The lowest BCUT2D eigenvalue weighted by atomic mass is 10.0. The van der Waals surface area contributed by atoms with Gasteiger partial charge in [-0.3, -0.25) is 0 Å². The first-order chi connectivity index (χ1) is 8.58. The van der Waals surface area contributed by atoms with Gasteiger partial charge in [0.15, 0.2) is 11.1 Å². The Hall–Kier alpha value is -1.23. The van der Waals surface area contributed by atoms with E-state index < -0.39 is 16.9 Å². The molecule has 0 bridgehead atoms. The quantitative estimate of drug-likeness (QED) is 0.869. The highest BCUT2D eigenvalue weighted by Crippen LogP contribution is 2.28. The molecule has 2 aromatic rings. The highest BCUT2D eigenvalue weighted by Gasteiger charge is 2.09. The van der Waals surface area contributed by atoms with Crippen LogP contribution in [0.2, 0.25) is 5.02 Å². The molecule has 0 spiro atoms. The second kappa shape index (κ2) is 5.61. The van der Waals surface area contributed by atoms with Crippen molar-refractivity contribution >= 4 is 22.7 Å². The van der Waals surface area contributed by atoms with Crippen LogP contribution >= 0.6 is 11.6 Å². The molecule has 1 unspecified atom stereocenters. The molecule has 0 heterocycles. The fourth-order valence-corrected chi connectivity index (χ4v) is 2.42. The summed E-state index contributed by atoms with van der Waals surface area (Å²) in [6, 6.07) is 11.6. The number of benzene rings is 2. The van der Waals surface area contributed by atoms with E-state index in [2.05, 4.69) is 0 Å². The number of rotatable bonds is 3. The van der Waals surface area contributed by atoms with Crippen molar-refractivity contribution in [2.45, 2.75) is 5.75 Å². The Morgan fingerprint density at radius 2 is 1.94 bits per heavy atom. The van der Waals surface area contributed by atoms with Crippen LogP contribution in [0, 0.1) is 5.82 Å². The Morgan fingerprint density at radius 1 is 1.22 bits per heavy atom. The first kappa shape index (κ1) is 13.2. The maximum atomic E-state index is 13.1. The lowest BCUT2D eigenvalue weighted by Gasteiger charge is -2.08. The third-order valence-electron chi connectivity index (χ3n) is 2.53. The summed E-state index contributed by atoms with van der Waals surface area (Å²) in [5, 5.41) is 0.0347. The van der Waals surface area contributed by atoms with Gasteiger partial charge in [-0.2, -0.15) is 0 Å². The minimum absolute atomic E-state index is 0.0329. The highest BCUT2D eigenvalue weighted by molar-refractivity contribution is 7.78. The SMILES string of the molecule is O=S(O)Cc1ccccc1-c1ccc(F)c(Cl)c1. The Labute approximate surface area is 112 Å². The lowest BCUT2D eigenvalue weighted by Crippen LogP contribution is -1.96. The second-order valence-corrected chi connectivity index (χ2v) is 5.09. The standard InChI is InChI=1S/C13H10ClFO2S/c14-12-7-9(5-6-13(12)15)11-4-2-1-3-10(11)8-18(16)17/h1-7H,8H2,(H,16,17). The topological polar surface area (TPSA) is 37.3 Å². The van der Waals surface area contributed by atoms with Crippen LogP contribution in [0.3, 0.4) is 0 Å². The van der Waals surface area contributed by atoms with E-state index in [1.807, 2.05) is 12.1 Å². The first-order valence-corrected chi connectivity index (χ1v) is 6.84. The first-order valence-electron chi connectivity index (χ1n) is 5.18. The summed E-state index contributed by atoms with van der Waals surface area (Å²) in [5.74, 6) is -0.450. The van der Waals surface area contributed by atoms with E-state index in [1.165, 1.54) is 12.1 Å². The minimum Gasteiger partial charge on any atom is -0.306 e. The van der Waals surface area contributed by atoms with Crippen LogP contribution in [0.1, 0.15) is 5.56 Å². The van der Waals surface area contributed by atoms with Gasteiger partial charge in [0.25, 0.3) is 0 Å². The Kier molecular flexibility index (Phi) is 4.11. The van der Waals surface area contributed by atoms with Gasteiger partial charge in [0.1, 0.15) is 5.82 Å². The fourth-order valence-electron chi connectivity index (χ4n) is 1.72. The molecule has 0 aromatic heterocycles. The van der Waals surface area contributed by atoms with Crippen LogP contribution in [-0.2, 0) is 16.8 Å². The highest BCUT2D eigenvalue weighted by atomic mass is 35.5. The molecule has 94 valence electrons. The largest absolute Gasteiger partial charge is 0.306 e. The van der Waals surface area contributed by atoms with E-state index in [9.17, 15) is 8.60 Å². The molecule has 0 radical (unpaired) electrons. The van der Waals surface area contributed by atoms with E-state index in [-0.39, 0.29) is 10.8 Å². The molecule has 0 saturated carbocycles. The molecule has 2 nitrogen and oxygen atoms in total. The van der Waals surface area contributed by atoms with Gasteiger partial charge < -0.3 is 4.55 Å². The summed E-state index contributed by atoms with van der Waals surface area (Å²) in [4.78, 5) is 0. The Balaban J connectivity index is 2.49. The summed E-state index contributed by atoms with van der Waals surface area (Å²) >= 11 is 3.82. The number of hydrogen-bond acceptors (Lipinski definition) is 1. The predicted octanol–water partition coefficient (Wildman–Crippen LogP) is 3.87. The van der Waals surface area contributed by atoms with E-state index in [0.717, 1.165) is 16.7 Å². The second-order valence-electron chi connectivity index (χ2n) is 3.75. The fraction of sp³-hybridized carbons (Fsp3) is 0.0769. The van der Waals surface area contributed by atoms with E-state index in [1.54, 1.807) is 18.2 Å². The summed E-state index contributed by atoms with van der Waals surface area (Å²) < 4.78 is 33.0. The van der Waals surface area contributed by atoms with Gasteiger partial charge in [-0.1, -0.05) is 41.9 Å². The molecule has 5 heteroatoms. The van der Waals surface area contributed by atoms with Crippen LogP contribution in [0.15, 0.2) is 42.5 Å². The molecule has 18 heavy (non-hydrogen) atoms. The Bertz CT molecular complexity index is 601. The maximum Gasteiger partial charge on any atom is 0.157 e. The van der Waals surface area contributed by atoms with Gasteiger partial charge in [0, 0.05) is 0 Å². The summed E-state index contributed by atoms with van der Waals surface area (Å²) in [6.07, 6.45) is 0. The van der Waals surface area contributed by atoms with Crippen LogP contribution < -0.4 is 0 Å². The summed E-state index contributed by atoms with van der Waals surface area (Å²) in [7, 11) is 0. The van der Waals surface area contributed by atoms with Gasteiger partial charge in [-0.25, -0.2) is 8.60 Å². The predicted molar refractivity (Wildman–Crippen MR) is 71.3 cm³/mol. The van der Waals surface area contributed by atoms with Crippen molar-refractivity contribution in [1.29, 1.82) is 0 Å². The number of hydrogen-bond donors (Lipinski definition) is 1. The van der Waals surface area contributed by atoms with Crippen molar-refractivity contribution in [3.8, 4) is 11.1 Å². The van der Waals surface area contributed by atoms with E-state index >= 15 is 0 Å².